The minimum absolute atomic E-state index is 0.232. The van der Waals surface area contributed by atoms with Crippen molar-refractivity contribution in [2.45, 2.75) is 12.8 Å². The highest BCUT2D eigenvalue weighted by molar-refractivity contribution is 6.34. The Morgan fingerprint density at radius 3 is 2.47 bits per heavy atom. The van der Waals surface area contributed by atoms with Crippen LogP contribution in [0.3, 0.4) is 0 Å². The third kappa shape index (κ3) is 3.87. The summed E-state index contributed by atoms with van der Waals surface area (Å²) in [6.45, 7) is 1.85. The SMILES string of the molecule is O=C(Nc1cccc(Cl)c1N1CCCC1)c1ccc(-c2cc3ccccc3oc2=O)cc1. The molecule has 5 rings (SSSR count). The van der Waals surface area contributed by atoms with Crippen LogP contribution >= 0.6 is 11.6 Å². The molecule has 5 nitrogen and oxygen atoms in total. The van der Waals surface area contributed by atoms with Gasteiger partial charge in [0.25, 0.3) is 5.91 Å². The molecule has 160 valence electrons. The Bertz CT molecular complexity index is 1360. The van der Waals surface area contributed by atoms with Crippen molar-refractivity contribution in [2.75, 3.05) is 23.3 Å². The van der Waals surface area contributed by atoms with E-state index < -0.39 is 5.63 Å². The Hall–Kier alpha value is -3.57. The van der Waals surface area contributed by atoms with E-state index in [4.69, 9.17) is 16.0 Å². The standard InChI is InChI=1S/C26H21ClN2O3/c27-21-7-5-8-22(24(21)29-14-3-4-15-29)28-25(30)18-12-10-17(11-13-18)20-16-19-6-1-2-9-23(19)32-26(20)31/h1-2,5-13,16H,3-4,14-15H2,(H,28,30). The van der Waals surface area contributed by atoms with Crippen molar-refractivity contribution >= 4 is 39.9 Å². The molecule has 4 aromatic rings. The van der Waals surface area contributed by atoms with E-state index in [1.54, 1.807) is 30.3 Å². The zero-order valence-electron chi connectivity index (χ0n) is 17.3. The molecular formula is C26H21ClN2O3. The van der Waals surface area contributed by atoms with Gasteiger partial charge in [0.05, 0.1) is 22.0 Å². The Balaban J connectivity index is 1.41. The van der Waals surface area contributed by atoms with Crippen molar-refractivity contribution in [2.24, 2.45) is 0 Å². The van der Waals surface area contributed by atoms with E-state index in [0.29, 0.717) is 33.0 Å². The minimum atomic E-state index is -0.407. The number of carbonyl (C=O) groups is 1. The van der Waals surface area contributed by atoms with Crippen molar-refractivity contribution in [1.29, 1.82) is 0 Å². The number of halogens is 1. The number of rotatable bonds is 4. The number of para-hydroxylation sites is 2. The van der Waals surface area contributed by atoms with E-state index in [9.17, 15) is 9.59 Å². The maximum Gasteiger partial charge on any atom is 0.344 e. The molecule has 0 spiro atoms. The Morgan fingerprint density at radius 2 is 1.69 bits per heavy atom. The van der Waals surface area contributed by atoms with Gasteiger partial charge in [0, 0.05) is 24.0 Å². The van der Waals surface area contributed by atoms with Crippen LogP contribution in [-0.4, -0.2) is 19.0 Å². The van der Waals surface area contributed by atoms with E-state index in [0.717, 1.165) is 37.0 Å². The first-order valence-electron chi connectivity index (χ1n) is 10.6. The Morgan fingerprint density at radius 1 is 0.938 bits per heavy atom. The van der Waals surface area contributed by atoms with Gasteiger partial charge in [-0.15, -0.1) is 0 Å². The van der Waals surface area contributed by atoms with Crippen molar-refractivity contribution in [3.8, 4) is 11.1 Å². The lowest BCUT2D eigenvalue weighted by Gasteiger charge is -2.23. The second-order valence-corrected chi connectivity index (χ2v) is 8.25. The largest absolute Gasteiger partial charge is 0.422 e. The molecule has 0 atom stereocenters. The fraction of sp³-hybridized carbons (Fsp3) is 0.154. The number of amides is 1. The summed E-state index contributed by atoms with van der Waals surface area (Å²) in [4.78, 5) is 27.6. The number of hydrogen-bond acceptors (Lipinski definition) is 4. The number of hydrogen-bond donors (Lipinski definition) is 1. The van der Waals surface area contributed by atoms with Gasteiger partial charge in [-0.05, 0) is 54.8 Å². The van der Waals surface area contributed by atoms with Crippen molar-refractivity contribution in [3.05, 3.63) is 93.8 Å². The van der Waals surface area contributed by atoms with Gasteiger partial charge in [-0.3, -0.25) is 4.79 Å². The lowest BCUT2D eigenvalue weighted by Crippen LogP contribution is -2.21. The van der Waals surface area contributed by atoms with Gasteiger partial charge in [0.15, 0.2) is 0 Å². The van der Waals surface area contributed by atoms with Crippen molar-refractivity contribution < 1.29 is 9.21 Å². The molecule has 0 radical (unpaired) electrons. The number of fused-ring (bicyclic) bond motifs is 1. The molecule has 3 aromatic carbocycles. The Kier molecular flexibility index (Phi) is 5.41. The van der Waals surface area contributed by atoms with Crippen LogP contribution in [0.5, 0.6) is 0 Å². The summed E-state index contributed by atoms with van der Waals surface area (Å²) in [6.07, 6.45) is 2.23. The molecule has 1 saturated heterocycles. The van der Waals surface area contributed by atoms with Gasteiger partial charge in [-0.1, -0.05) is 48.0 Å². The van der Waals surface area contributed by atoms with Gasteiger partial charge in [0.2, 0.25) is 0 Å². The molecule has 32 heavy (non-hydrogen) atoms. The lowest BCUT2D eigenvalue weighted by molar-refractivity contribution is 0.102. The van der Waals surface area contributed by atoms with E-state index in [2.05, 4.69) is 10.2 Å². The summed E-state index contributed by atoms with van der Waals surface area (Å²) in [5.41, 5.74) is 3.35. The number of nitrogens with one attached hydrogen (secondary N) is 1. The summed E-state index contributed by atoms with van der Waals surface area (Å²) >= 11 is 6.45. The number of benzene rings is 3. The van der Waals surface area contributed by atoms with Crippen LogP contribution in [0.15, 0.2) is 82.0 Å². The van der Waals surface area contributed by atoms with Crippen LogP contribution in [-0.2, 0) is 0 Å². The number of anilines is 2. The van der Waals surface area contributed by atoms with Crippen LogP contribution in [0.25, 0.3) is 22.1 Å². The zero-order valence-corrected chi connectivity index (χ0v) is 18.1. The average molecular weight is 445 g/mol. The topological polar surface area (TPSA) is 62.6 Å². The van der Waals surface area contributed by atoms with Crippen LogP contribution < -0.4 is 15.8 Å². The minimum Gasteiger partial charge on any atom is -0.422 e. The Labute approximate surface area is 190 Å². The van der Waals surface area contributed by atoms with E-state index in [-0.39, 0.29) is 5.91 Å². The van der Waals surface area contributed by atoms with Gasteiger partial charge in [-0.25, -0.2) is 4.79 Å². The first kappa shape index (κ1) is 20.3. The highest BCUT2D eigenvalue weighted by Gasteiger charge is 2.20. The predicted octanol–water partition coefficient (Wildman–Crippen LogP) is 5.97. The third-order valence-corrected chi connectivity index (χ3v) is 6.06. The fourth-order valence-corrected chi connectivity index (χ4v) is 4.43. The highest BCUT2D eigenvalue weighted by atomic mass is 35.5. The van der Waals surface area contributed by atoms with Gasteiger partial charge >= 0.3 is 5.63 Å². The monoisotopic (exact) mass is 444 g/mol. The van der Waals surface area contributed by atoms with Crippen molar-refractivity contribution in [1.82, 2.24) is 0 Å². The summed E-state index contributed by atoms with van der Waals surface area (Å²) in [7, 11) is 0. The van der Waals surface area contributed by atoms with Crippen molar-refractivity contribution in [3.63, 3.8) is 0 Å². The van der Waals surface area contributed by atoms with Crippen LogP contribution in [0.1, 0.15) is 23.2 Å². The van der Waals surface area contributed by atoms with Gasteiger partial charge in [-0.2, -0.15) is 0 Å². The second-order valence-electron chi connectivity index (χ2n) is 7.85. The smallest absolute Gasteiger partial charge is 0.344 e. The molecule has 0 unspecified atom stereocenters. The van der Waals surface area contributed by atoms with E-state index in [1.807, 2.05) is 42.5 Å². The molecule has 1 aromatic heterocycles. The average Bonchev–Trinajstić information content (AvgIpc) is 3.33. The van der Waals surface area contributed by atoms with Gasteiger partial charge < -0.3 is 14.6 Å². The molecule has 0 bridgehead atoms. The summed E-state index contributed by atoms with van der Waals surface area (Å²) in [5, 5.41) is 4.47. The predicted molar refractivity (Wildman–Crippen MR) is 129 cm³/mol. The summed E-state index contributed by atoms with van der Waals surface area (Å²) in [5.74, 6) is -0.232. The highest BCUT2D eigenvalue weighted by Crippen LogP contribution is 2.36. The normalized spacial score (nSPS) is 13.5. The molecule has 1 amide bonds. The molecule has 6 heteroatoms. The molecule has 0 saturated carbocycles. The zero-order chi connectivity index (χ0) is 22.1. The van der Waals surface area contributed by atoms with Crippen LogP contribution in [0.4, 0.5) is 11.4 Å². The lowest BCUT2D eigenvalue weighted by atomic mass is 10.0. The molecule has 1 aliphatic rings. The maximum absolute atomic E-state index is 12.9. The number of carbonyl (C=O) groups excluding carboxylic acids is 1. The molecule has 0 aliphatic carbocycles. The van der Waals surface area contributed by atoms with E-state index in [1.165, 1.54) is 0 Å². The molecular weight excluding hydrogens is 424 g/mol. The van der Waals surface area contributed by atoms with Gasteiger partial charge in [0.1, 0.15) is 5.58 Å². The summed E-state index contributed by atoms with van der Waals surface area (Å²) in [6, 6.07) is 21.7. The maximum atomic E-state index is 12.9. The third-order valence-electron chi connectivity index (χ3n) is 5.76. The molecule has 1 aliphatic heterocycles. The molecule has 1 fully saturated rings. The fourth-order valence-electron chi connectivity index (χ4n) is 4.14. The second kappa shape index (κ2) is 8.52. The quantitative estimate of drug-likeness (QED) is 0.394. The molecule has 2 heterocycles. The first-order chi connectivity index (χ1) is 15.6. The van der Waals surface area contributed by atoms with E-state index >= 15 is 0 Å². The van der Waals surface area contributed by atoms with Crippen LogP contribution in [0.2, 0.25) is 5.02 Å². The number of nitrogens with zero attached hydrogens (tertiary/aromatic N) is 1. The van der Waals surface area contributed by atoms with Crippen LogP contribution in [0, 0.1) is 0 Å². The summed E-state index contributed by atoms with van der Waals surface area (Å²) < 4.78 is 5.42. The first-order valence-corrected chi connectivity index (χ1v) is 11.0. The molecule has 1 N–H and O–H groups in total.